The molecule has 0 fully saturated rings. The van der Waals surface area contributed by atoms with Gasteiger partial charge in [0.2, 0.25) is 23.6 Å². The number of carbonyl (C=O) groups is 6. The van der Waals surface area contributed by atoms with Crippen LogP contribution in [0.25, 0.3) is 0 Å². The molecule has 0 aromatic carbocycles. The van der Waals surface area contributed by atoms with Gasteiger partial charge in [0.15, 0.2) is 0 Å². The fourth-order valence-electron chi connectivity index (χ4n) is 2.74. The molecule has 0 radical (unpaired) electrons. The first-order valence-electron chi connectivity index (χ1n) is 10.6. The quantitative estimate of drug-likeness (QED) is 0.0837. The molecule has 0 aromatic rings. The molecule has 4 amide bonds. The van der Waals surface area contributed by atoms with Gasteiger partial charge in [-0.1, -0.05) is 6.42 Å². The molecule has 0 aliphatic carbocycles. The van der Waals surface area contributed by atoms with Crippen molar-refractivity contribution < 1.29 is 44.1 Å². The van der Waals surface area contributed by atoms with Crippen LogP contribution in [0.1, 0.15) is 44.9 Å². The summed E-state index contributed by atoms with van der Waals surface area (Å²) in [7, 11) is 0. The van der Waals surface area contributed by atoms with Crippen molar-refractivity contribution in [3.8, 4) is 0 Å². The summed E-state index contributed by atoms with van der Waals surface area (Å²) in [5.74, 6) is -6.29. The van der Waals surface area contributed by atoms with E-state index in [2.05, 4.69) is 10.6 Å². The Hall–Kier alpha value is -3.30. The molecule has 0 aliphatic rings. The molecular formula is C19H34N6O9. The lowest BCUT2D eigenvalue weighted by molar-refractivity contribution is -0.144. The lowest BCUT2D eigenvalue weighted by atomic mass is 10.1. The summed E-state index contributed by atoms with van der Waals surface area (Å²) < 4.78 is 0. The van der Waals surface area contributed by atoms with Crippen LogP contribution in [0.4, 0.5) is 0 Å². The van der Waals surface area contributed by atoms with Gasteiger partial charge in [-0.05, 0) is 32.2 Å². The number of nitrogens with two attached hydrogens (primary N) is 3. The Morgan fingerprint density at radius 1 is 0.735 bits per heavy atom. The maximum Gasteiger partial charge on any atom is 0.328 e. The second-order valence-corrected chi connectivity index (χ2v) is 7.53. The summed E-state index contributed by atoms with van der Waals surface area (Å²) in [6.45, 7) is -0.531. The van der Waals surface area contributed by atoms with Crippen molar-refractivity contribution in [2.75, 3.05) is 13.2 Å². The van der Waals surface area contributed by atoms with Crippen molar-refractivity contribution >= 4 is 35.6 Å². The van der Waals surface area contributed by atoms with Crippen LogP contribution in [-0.4, -0.2) is 88.2 Å². The molecule has 34 heavy (non-hydrogen) atoms. The van der Waals surface area contributed by atoms with Crippen molar-refractivity contribution in [2.45, 2.75) is 69.1 Å². The van der Waals surface area contributed by atoms with Crippen LogP contribution in [-0.2, 0) is 28.8 Å². The first-order chi connectivity index (χ1) is 15.9. The number of aliphatic hydroxyl groups is 1. The highest BCUT2D eigenvalue weighted by atomic mass is 16.4. The van der Waals surface area contributed by atoms with Gasteiger partial charge in [0.25, 0.3) is 0 Å². The normalized spacial score (nSPS) is 14.2. The number of rotatable bonds is 18. The number of aliphatic carboxylic acids is 2. The highest BCUT2D eigenvalue weighted by Gasteiger charge is 2.30. The summed E-state index contributed by atoms with van der Waals surface area (Å²) in [5, 5.41) is 33.6. The number of carbonyl (C=O) groups excluding carboxylic acids is 4. The number of nitrogens with one attached hydrogen (secondary N) is 3. The number of carboxylic acids is 2. The van der Waals surface area contributed by atoms with Gasteiger partial charge in [-0.15, -0.1) is 0 Å². The maximum atomic E-state index is 12.8. The van der Waals surface area contributed by atoms with Crippen molar-refractivity contribution in [3.63, 3.8) is 0 Å². The third kappa shape index (κ3) is 12.7. The fourth-order valence-corrected chi connectivity index (χ4v) is 2.74. The third-order valence-corrected chi connectivity index (χ3v) is 4.70. The standard InChI is InChI=1S/C19H34N6O9/c20-8-2-1-3-10(21)16(30)23-11(4-6-14(22)27)17(31)24-12(5-7-15(28)29)18(32)25-13(9-26)19(33)34/h10-13,26H,1-9,20-21H2,(H2,22,27)(H,23,30)(H,24,31)(H,25,32)(H,28,29)(H,33,34). The van der Waals surface area contributed by atoms with Crippen LogP contribution >= 0.6 is 0 Å². The second-order valence-electron chi connectivity index (χ2n) is 7.53. The molecule has 0 aliphatic heterocycles. The maximum absolute atomic E-state index is 12.8. The number of hydrogen-bond acceptors (Lipinski definition) is 9. The van der Waals surface area contributed by atoms with E-state index in [9.17, 15) is 28.8 Å². The van der Waals surface area contributed by atoms with E-state index in [1.807, 2.05) is 5.32 Å². The number of aliphatic hydroxyl groups excluding tert-OH is 1. The summed E-state index contributed by atoms with van der Waals surface area (Å²) in [6, 6.07) is -5.51. The molecule has 4 unspecified atom stereocenters. The van der Waals surface area contributed by atoms with Gasteiger partial charge in [-0.25, -0.2) is 4.79 Å². The molecule has 0 spiro atoms. The molecule has 0 bridgehead atoms. The Bertz CT molecular complexity index is 733. The zero-order valence-corrected chi connectivity index (χ0v) is 18.7. The first-order valence-corrected chi connectivity index (χ1v) is 10.6. The molecule has 194 valence electrons. The Morgan fingerprint density at radius 3 is 1.68 bits per heavy atom. The summed E-state index contributed by atoms with van der Waals surface area (Å²) >= 11 is 0. The molecule has 0 rings (SSSR count). The molecule has 15 nitrogen and oxygen atoms in total. The van der Waals surface area contributed by atoms with Crippen LogP contribution in [0.15, 0.2) is 0 Å². The van der Waals surface area contributed by atoms with Gasteiger partial charge < -0.3 is 48.5 Å². The molecule has 0 saturated carbocycles. The number of carboxylic acid groups (broad SMARTS) is 2. The lowest BCUT2D eigenvalue weighted by Gasteiger charge is -2.24. The average molecular weight is 491 g/mol. The van der Waals surface area contributed by atoms with E-state index in [0.29, 0.717) is 19.4 Å². The van der Waals surface area contributed by atoms with E-state index < -0.39 is 79.2 Å². The van der Waals surface area contributed by atoms with Gasteiger partial charge in [0, 0.05) is 12.8 Å². The van der Waals surface area contributed by atoms with E-state index in [0.717, 1.165) is 0 Å². The summed E-state index contributed by atoms with van der Waals surface area (Å²) in [5.41, 5.74) is 16.3. The second kappa shape index (κ2) is 16.3. The number of primary amides is 1. The highest BCUT2D eigenvalue weighted by Crippen LogP contribution is 2.05. The van der Waals surface area contributed by atoms with Crippen molar-refractivity contribution in [1.29, 1.82) is 0 Å². The van der Waals surface area contributed by atoms with E-state index in [1.54, 1.807) is 0 Å². The topological polar surface area (TPSA) is 277 Å². The van der Waals surface area contributed by atoms with Gasteiger partial charge >= 0.3 is 11.9 Å². The number of amides is 4. The van der Waals surface area contributed by atoms with Gasteiger partial charge in [0.05, 0.1) is 12.6 Å². The predicted octanol–water partition coefficient (Wildman–Crippen LogP) is -3.90. The Labute approximate surface area is 195 Å². The Kier molecular flexibility index (Phi) is 14.7. The largest absolute Gasteiger partial charge is 0.481 e. The number of hydrogen-bond donors (Lipinski definition) is 9. The van der Waals surface area contributed by atoms with Crippen LogP contribution in [0.2, 0.25) is 0 Å². The Balaban J connectivity index is 5.47. The highest BCUT2D eigenvalue weighted by molar-refractivity contribution is 5.94. The molecule has 15 heteroatoms. The van der Waals surface area contributed by atoms with Crippen LogP contribution in [0.5, 0.6) is 0 Å². The molecule has 0 aromatic heterocycles. The summed E-state index contributed by atoms with van der Waals surface area (Å²) in [4.78, 5) is 70.8. The fraction of sp³-hybridized carbons (Fsp3) is 0.684. The first kappa shape index (κ1) is 30.7. The molecular weight excluding hydrogens is 456 g/mol. The van der Waals surface area contributed by atoms with E-state index in [4.69, 9.17) is 32.5 Å². The van der Waals surface area contributed by atoms with Crippen molar-refractivity contribution in [2.24, 2.45) is 17.2 Å². The average Bonchev–Trinajstić information content (AvgIpc) is 2.76. The Morgan fingerprint density at radius 2 is 1.24 bits per heavy atom. The smallest absolute Gasteiger partial charge is 0.328 e. The minimum Gasteiger partial charge on any atom is -0.481 e. The van der Waals surface area contributed by atoms with Crippen LogP contribution < -0.4 is 33.2 Å². The van der Waals surface area contributed by atoms with E-state index >= 15 is 0 Å². The molecule has 0 heterocycles. The minimum atomic E-state index is -1.69. The SMILES string of the molecule is NCCCCC(N)C(=O)NC(CCC(N)=O)C(=O)NC(CCC(=O)O)C(=O)NC(CO)C(=O)O. The summed E-state index contributed by atoms with van der Waals surface area (Å²) in [6.07, 6.45) is -0.00919. The minimum absolute atomic E-state index is 0.232. The van der Waals surface area contributed by atoms with Crippen molar-refractivity contribution in [3.05, 3.63) is 0 Å². The lowest BCUT2D eigenvalue weighted by Crippen LogP contribution is -2.57. The molecule has 12 N–H and O–H groups in total. The van der Waals surface area contributed by atoms with Gasteiger partial charge in [-0.3, -0.25) is 24.0 Å². The van der Waals surface area contributed by atoms with Gasteiger partial charge in [0.1, 0.15) is 18.1 Å². The van der Waals surface area contributed by atoms with E-state index in [-0.39, 0.29) is 19.3 Å². The van der Waals surface area contributed by atoms with Gasteiger partial charge in [-0.2, -0.15) is 0 Å². The zero-order chi connectivity index (χ0) is 26.3. The van der Waals surface area contributed by atoms with E-state index in [1.165, 1.54) is 0 Å². The zero-order valence-electron chi connectivity index (χ0n) is 18.7. The number of unbranched alkanes of at least 4 members (excludes halogenated alkanes) is 1. The van der Waals surface area contributed by atoms with Crippen LogP contribution in [0.3, 0.4) is 0 Å². The third-order valence-electron chi connectivity index (χ3n) is 4.70. The predicted molar refractivity (Wildman–Crippen MR) is 117 cm³/mol. The molecule has 4 atom stereocenters. The molecule has 0 saturated heterocycles. The van der Waals surface area contributed by atoms with Crippen molar-refractivity contribution in [1.82, 2.24) is 16.0 Å². The monoisotopic (exact) mass is 490 g/mol. The van der Waals surface area contributed by atoms with Crippen LogP contribution in [0, 0.1) is 0 Å².